The van der Waals surface area contributed by atoms with Crippen molar-refractivity contribution >= 4 is 5.69 Å². The number of piperidine rings is 2. The van der Waals surface area contributed by atoms with E-state index in [-0.39, 0.29) is 0 Å². The number of nitrogens with zero attached hydrogens (tertiary/aromatic N) is 3. The smallest absolute Gasteiger partial charge is 0.120 e. The van der Waals surface area contributed by atoms with Crippen LogP contribution in [0.2, 0.25) is 0 Å². The van der Waals surface area contributed by atoms with Crippen LogP contribution in [0.5, 0.6) is 5.75 Å². The first-order chi connectivity index (χ1) is 12.3. The normalized spacial score (nSPS) is 28.6. The van der Waals surface area contributed by atoms with Crippen LogP contribution in [0.1, 0.15) is 32.1 Å². The summed E-state index contributed by atoms with van der Waals surface area (Å²) in [7, 11) is 1.75. The van der Waals surface area contributed by atoms with Crippen LogP contribution < -0.4 is 9.64 Å². The topological polar surface area (TPSA) is 19.0 Å². The van der Waals surface area contributed by atoms with Gasteiger partial charge >= 0.3 is 0 Å². The molecule has 0 bridgehead atoms. The van der Waals surface area contributed by atoms with Crippen LogP contribution >= 0.6 is 0 Å². The molecule has 138 valence electrons. The lowest BCUT2D eigenvalue weighted by Gasteiger charge is -2.46. The summed E-state index contributed by atoms with van der Waals surface area (Å²) in [6.07, 6.45) is 7.15. The third-order valence-corrected chi connectivity index (χ3v) is 6.51. The molecular weight excluding hydrogens is 310 g/mol. The fourth-order valence-corrected chi connectivity index (χ4v) is 5.12. The van der Waals surface area contributed by atoms with Crippen LogP contribution in [0.3, 0.4) is 0 Å². The van der Waals surface area contributed by atoms with Crippen LogP contribution in [0.25, 0.3) is 0 Å². The van der Waals surface area contributed by atoms with Crippen molar-refractivity contribution in [3.8, 4) is 5.75 Å². The molecule has 3 aliphatic rings. The number of hydrogen-bond acceptors (Lipinski definition) is 4. The van der Waals surface area contributed by atoms with E-state index in [1.54, 1.807) is 7.11 Å². The molecule has 2 atom stereocenters. The zero-order valence-corrected chi connectivity index (χ0v) is 15.7. The molecular formula is C21H33N3O. The van der Waals surface area contributed by atoms with Gasteiger partial charge in [0.15, 0.2) is 0 Å². The number of ether oxygens (including phenoxy) is 1. The fourth-order valence-electron chi connectivity index (χ4n) is 5.12. The molecule has 0 N–H and O–H groups in total. The summed E-state index contributed by atoms with van der Waals surface area (Å²) in [6, 6.07) is 9.37. The molecule has 1 aromatic carbocycles. The quantitative estimate of drug-likeness (QED) is 0.836. The maximum atomic E-state index is 5.38. The predicted molar refractivity (Wildman–Crippen MR) is 104 cm³/mol. The van der Waals surface area contributed by atoms with Crippen LogP contribution in [-0.2, 0) is 0 Å². The minimum atomic E-state index is 0.874. The zero-order valence-electron chi connectivity index (χ0n) is 15.7. The second-order valence-electron chi connectivity index (χ2n) is 7.99. The van der Waals surface area contributed by atoms with Crippen LogP contribution in [-0.4, -0.2) is 68.8 Å². The Morgan fingerprint density at radius 1 is 0.960 bits per heavy atom. The zero-order chi connectivity index (χ0) is 17.1. The highest BCUT2D eigenvalue weighted by Gasteiger charge is 2.34. The van der Waals surface area contributed by atoms with Crippen LogP contribution in [0.4, 0.5) is 5.69 Å². The van der Waals surface area contributed by atoms with E-state index >= 15 is 0 Å². The molecule has 0 aromatic heterocycles. The van der Waals surface area contributed by atoms with Crippen LogP contribution in [0.15, 0.2) is 24.3 Å². The number of fused-ring (bicyclic) bond motifs is 1. The van der Waals surface area contributed by atoms with Crippen LogP contribution in [0, 0.1) is 5.92 Å². The summed E-state index contributed by atoms with van der Waals surface area (Å²) in [4.78, 5) is 8.02. The van der Waals surface area contributed by atoms with Crippen molar-refractivity contribution in [3.05, 3.63) is 24.3 Å². The molecule has 0 radical (unpaired) electrons. The number of benzene rings is 1. The molecule has 25 heavy (non-hydrogen) atoms. The Bertz CT molecular complexity index is 554. The van der Waals surface area contributed by atoms with E-state index in [0.29, 0.717) is 0 Å². The molecule has 0 aliphatic carbocycles. The van der Waals surface area contributed by atoms with Crippen molar-refractivity contribution in [2.75, 3.05) is 57.8 Å². The minimum absolute atomic E-state index is 0.874. The Hall–Kier alpha value is -1.26. The number of hydrogen-bond donors (Lipinski definition) is 0. The Morgan fingerprint density at radius 2 is 1.80 bits per heavy atom. The van der Waals surface area contributed by atoms with Gasteiger partial charge in [0.1, 0.15) is 5.75 Å². The number of anilines is 1. The summed E-state index contributed by atoms with van der Waals surface area (Å²) in [5.74, 6) is 1.86. The van der Waals surface area contributed by atoms with Crippen molar-refractivity contribution < 1.29 is 4.74 Å². The summed E-state index contributed by atoms with van der Waals surface area (Å²) in [5.41, 5.74) is 1.30. The van der Waals surface area contributed by atoms with Crippen molar-refractivity contribution in [1.29, 1.82) is 0 Å². The van der Waals surface area contributed by atoms with E-state index in [1.807, 2.05) is 6.07 Å². The molecule has 3 saturated heterocycles. The average molecular weight is 344 g/mol. The predicted octanol–water partition coefficient (Wildman–Crippen LogP) is 3.08. The molecule has 0 saturated carbocycles. The molecule has 1 aromatic rings. The van der Waals surface area contributed by atoms with Crippen molar-refractivity contribution in [2.24, 2.45) is 5.92 Å². The van der Waals surface area contributed by atoms with Crippen molar-refractivity contribution in [1.82, 2.24) is 9.80 Å². The lowest BCUT2D eigenvalue weighted by Crippen LogP contribution is -2.53. The van der Waals surface area contributed by atoms with Gasteiger partial charge in [-0.2, -0.15) is 0 Å². The first-order valence-electron chi connectivity index (χ1n) is 10.2. The largest absolute Gasteiger partial charge is 0.497 e. The highest BCUT2D eigenvalue weighted by molar-refractivity contribution is 5.51. The molecule has 0 unspecified atom stereocenters. The van der Waals surface area contributed by atoms with E-state index in [4.69, 9.17) is 4.74 Å². The minimum Gasteiger partial charge on any atom is -0.497 e. The molecule has 3 fully saturated rings. The fraction of sp³-hybridized carbons (Fsp3) is 0.714. The van der Waals surface area contributed by atoms with E-state index in [1.165, 1.54) is 70.5 Å². The van der Waals surface area contributed by atoms with E-state index in [9.17, 15) is 0 Å². The van der Waals surface area contributed by atoms with Crippen molar-refractivity contribution in [2.45, 2.75) is 38.1 Å². The lowest BCUT2D eigenvalue weighted by molar-refractivity contribution is 0.0394. The maximum Gasteiger partial charge on any atom is 0.120 e. The lowest BCUT2D eigenvalue weighted by atomic mass is 9.83. The highest BCUT2D eigenvalue weighted by atomic mass is 16.5. The summed E-state index contributed by atoms with van der Waals surface area (Å²) < 4.78 is 5.38. The first-order valence-corrected chi connectivity index (χ1v) is 10.2. The van der Waals surface area contributed by atoms with Gasteiger partial charge in [0.2, 0.25) is 0 Å². The van der Waals surface area contributed by atoms with E-state index in [2.05, 4.69) is 32.9 Å². The summed E-state index contributed by atoms with van der Waals surface area (Å²) in [5, 5.41) is 0. The standard InChI is InChI=1S/C21H33N3O/c1-25-20-8-4-7-19(16-20)23-14-12-22(13-15-23)17-18-6-5-11-24-10-3-2-9-21(18)24/h4,7-8,16,18,21H,2-3,5-6,9-15,17H2,1H3/t18-,21+/m0/s1. The SMILES string of the molecule is COc1cccc(N2CCN(C[C@@H]3CCCN4CCCC[C@H]34)CC2)c1. The van der Waals surface area contributed by atoms with Gasteiger partial charge in [-0.15, -0.1) is 0 Å². The third kappa shape index (κ3) is 3.95. The summed E-state index contributed by atoms with van der Waals surface area (Å²) in [6.45, 7) is 8.67. The maximum absolute atomic E-state index is 5.38. The molecule has 3 heterocycles. The first kappa shape index (κ1) is 17.2. The third-order valence-electron chi connectivity index (χ3n) is 6.51. The highest BCUT2D eigenvalue weighted by Crippen LogP contribution is 2.32. The molecule has 3 aliphatic heterocycles. The second-order valence-corrected chi connectivity index (χ2v) is 7.99. The second kappa shape index (κ2) is 7.96. The molecule has 4 nitrogen and oxygen atoms in total. The molecule has 4 heteroatoms. The Morgan fingerprint density at radius 3 is 2.64 bits per heavy atom. The van der Waals surface area contributed by atoms with Gasteiger partial charge in [-0.25, -0.2) is 0 Å². The average Bonchev–Trinajstić information content (AvgIpc) is 2.69. The number of piperazine rings is 1. The van der Waals surface area contributed by atoms with Gasteiger partial charge in [-0.05, 0) is 56.8 Å². The Labute approximate surface area is 152 Å². The van der Waals surface area contributed by atoms with E-state index in [0.717, 1.165) is 30.8 Å². The molecule has 0 amide bonds. The van der Waals surface area contributed by atoms with Gasteiger partial charge < -0.3 is 14.5 Å². The van der Waals surface area contributed by atoms with Gasteiger partial charge in [0, 0.05) is 50.5 Å². The van der Waals surface area contributed by atoms with Gasteiger partial charge in [-0.3, -0.25) is 4.90 Å². The van der Waals surface area contributed by atoms with Gasteiger partial charge in [-0.1, -0.05) is 12.5 Å². The monoisotopic (exact) mass is 343 g/mol. The Balaban J connectivity index is 1.31. The van der Waals surface area contributed by atoms with Crippen molar-refractivity contribution in [3.63, 3.8) is 0 Å². The van der Waals surface area contributed by atoms with Gasteiger partial charge in [0.05, 0.1) is 7.11 Å². The Kier molecular flexibility index (Phi) is 5.47. The molecule has 0 spiro atoms. The van der Waals surface area contributed by atoms with E-state index < -0.39 is 0 Å². The summed E-state index contributed by atoms with van der Waals surface area (Å²) >= 11 is 0. The number of rotatable bonds is 4. The van der Waals surface area contributed by atoms with Gasteiger partial charge in [0.25, 0.3) is 0 Å². The molecule has 4 rings (SSSR count). The number of methoxy groups -OCH3 is 1.